The van der Waals surface area contributed by atoms with Gasteiger partial charge in [0, 0.05) is 60.4 Å². The van der Waals surface area contributed by atoms with Gasteiger partial charge in [0.25, 0.3) is 5.91 Å². The number of aryl methyl sites for hydroxylation is 1. The van der Waals surface area contributed by atoms with Gasteiger partial charge in [0.05, 0.1) is 5.52 Å². The van der Waals surface area contributed by atoms with E-state index in [0.717, 1.165) is 49.4 Å². The van der Waals surface area contributed by atoms with Gasteiger partial charge in [0.1, 0.15) is 11.6 Å². The Morgan fingerprint density at radius 2 is 1.72 bits per heavy atom. The first-order valence-electron chi connectivity index (χ1n) is 14.5. The van der Waals surface area contributed by atoms with E-state index in [2.05, 4.69) is 55.7 Å². The van der Waals surface area contributed by atoms with Crippen LogP contribution in [-0.4, -0.2) is 56.8 Å². The molecule has 0 spiro atoms. The smallest absolute Gasteiger partial charge is 0.253 e. The lowest BCUT2D eigenvalue weighted by molar-refractivity contribution is 0.0640. The van der Waals surface area contributed by atoms with Crippen LogP contribution in [0.3, 0.4) is 0 Å². The summed E-state index contributed by atoms with van der Waals surface area (Å²) in [6, 6.07) is 24.8. The van der Waals surface area contributed by atoms with E-state index < -0.39 is 0 Å². The minimum atomic E-state index is -0.250. The van der Waals surface area contributed by atoms with Crippen molar-refractivity contribution in [2.75, 3.05) is 30.8 Å². The quantitative estimate of drug-likeness (QED) is 0.213. The van der Waals surface area contributed by atoms with E-state index in [0.29, 0.717) is 28.9 Å². The largest absolute Gasteiger partial charge is 0.340 e. The standard InChI is InChI=1S/C34H34FN7O/c1-23-21-27(12-13-30(23)35)38-32-14-18-37-34(40-32)39-26-10-8-24(9-11-26)33(43)42-19-15-28(16-20-42)41(2)22-25-5-3-7-31-29(25)6-4-17-36-31/h3-14,17-18,21,28H,15-16,19-20,22H2,1-2H3,(H2,37,38,39,40). The number of carbonyl (C=O) groups excluding carboxylic acids is 1. The fourth-order valence-electron chi connectivity index (χ4n) is 5.58. The number of hydrogen-bond donors (Lipinski definition) is 2. The highest BCUT2D eigenvalue weighted by Gasteiger charge is 2.26. The molecule has 0 radical (unpaired) electrons. The summed E-state index contributed by atoms with van der Waals surface area (Å²) in [4.78, 5) is 30.9. The van der Waals surface area contributed by atoms with Crippen molar-refractivity contribution in [3.8, 4) is 0 Å². The van der Waals surface area contributed by atoms with Gasteiger partial charge in [-0.25, -0.2) is 9.37 Å². The van der Waals surface area contributed by atoms with E-state index in [1.54, 1.807) is 31.3 Å². The number of hydrogen-bond acceptors (Lipinski definition) is 7. The van der Waals surface area contributed by atoms with Crippen LogP contribution in [0.2, 0.25) is 0 Å². The molecule has 2 aromatic heterocycles. The Balaban J connectivity index is 1.02. The molecule has 9 heteroatoms. The zero-order valence-electron chi connectivity index (χ0n) is 24.3. The maximum atomic E-state index is 13.6. The van der Waals surface area contributed by atoms with Crippen molar-refractivity contribution in [3.05, 3.63) is 114 Å². The van der Waals surface area contributed by atoms with Crippen molar-refractivity contribution >= 4 is 40.0 Å². The molecule has 0 atom stereocenters. The Hall–Kier alpha value is -4.89. The summed E-state index contributed by atoms with van der Waals surface area (Å²) in [6.07, 6.45) is 5.34. The molecule has 2 N–H and O–H groups in total. The van der Waals surface area contributed by atoms with Crippen molar-refractivity contribution in [2.24, 2.45) is 0 Å². The van der Waals surface area contributed by atoms with Gasteiger partial charge < -0.3 is 15.5 Å². The number of aromatic nitrogens is 3. The van der Waals surface area contributed by atoms with E-state index in [1.165, 1.54) is 17.0 Å². The molecular weight excluding hydrogens is 541 g/mol. The van der Waals surface area contributed by atoms with Crippen LogP contribution < -0.4 is 10.6 Å². The van der Waals surface area contributed by atoms with Gasteiger partial charge in [-0.3, -0.25) is 14.7 Å². The van der Waals surface area contributed by atoms with Crippen LogP contribution in [0.5, 0.6) is 0 Å². The fourth-order valence-corrected chi connectivity index (χ4v) is 5.58. The number of nitrogens with one attached hydrogen (secondary N) is 2. The minimum Gasteiger partial charge on any atom is -0.340 e. The second kappa shape index (κ2) is 12.5. The number of fused-ring (bicyclic) bond motifs is 1. The van der Waals surface area contributed by atoms with Crippen molar-refractivity contribution in [2.45, 2.75) is 32.4 Å². The lowest BCUT2D eigenvalue weighted by atomic mass is 10.0. The highest BCUT2D eigenvalue weighted by atomic mass is 19.1. The number of halogens is 1. The number of amides is 1. The highest BCUT2D eigenvalue weighted by molar-refractivity contribution is 5.94. The summed E-state index contributed by atoms with van der Waals surface area (Å²) in [5.41, 5.74) is 5.02. The van der Waals surface area contributed by atoms with E-state index in [1.807, 2.05) is 47.5 Å². The fraction of sp³-hybridized carbons (Fsp3) is 0.235. The van der Waals surface area contributed by atoms with Crippen LogP contribution in [0.25, 0.3) is 10.9 Å². The Morgan fingerprint density at radius 1 is 0.930 bits per heavy atom. The van der Waals surface area contributed by atoms with Gasteiger partial charge >= 0.3 is 0 Å². The first kappa shape index (κ1) is 28.2. The van der Waals surface area contributed by atoms with E-state index in [-0.39, 0.29) is 11.7 Å². The van der Waals surface area contributed by atoms with E-state index >= 15 is 0 Å². The lowest BCUT2D eigenvalue weighted by Crippen LogP contribution is -2.45. The van der Waals surface area contributed by atoms with Gasteiger partial charge in [0.2, 0.25) is 5.95 Å². The molecule has 0 saturated carbocycles. The summed E-state index contributed by atoms with van der Waals surface area (Å²) in [6.45, 7) is 4.03. The van der Waals surface area contributed by atoms with Crippen LogP contribution in [0.15, 0.2) is 91.3 Å². The molecule has 0 bridgehead atoms. The lowest BCUT2D eigenvalue weighted by Gasteiger charge is -2.37. The molecule has 1 aliphatic rings. The Kier molecular flexibility index (Phi) is 8.24. The Labute approximate surface area is 250 Å². The number of benzene rings is 3. The normalized spacial score (nSPS) is 13.8. The van der Waals surface area contributed by atoms with Gasteiger partial charge in [0.15, 0.2) is 0 Å². The average molecular weight is 576 g/mol. The third-order valence-electron chi connectivity index (χ3n) is 8.00. The highest BCUT2D eigenvalue weighted by Crippen LogP contribution is 2.24. The molecular formula is C34H34FN7O. The number of rotatable bonds is 8. The van der Waals surface area contributed by atoms with E-state index in [9.17, 15) is 9.18 Å². The molecule has 1 saturated heterocycles. The predicted octanol–water partition coefficient (Wildman–Crippen LogP) is 6.70. The van der Waals surface area contributed by atoms with Gasteiger partial charge in [-0.05, 0) is 98.6 Å². The topological polar surface area (TPSA) is 86.3 Å². The van der Waals surface area contributed by atoms with Crippen LogP contribution in [0.4, 0.5) is 27.5 Å². The Morgan fingerprint density at radius 3 is 2.51 bits per heavy atom. The molecule has 3 heterocycles. The molecule has 1 amide bonds. The summed E-state index contributed by atoms with van der Waals surface area (Å²) in [5.74, 6) is 0.789. The Bertz CT molecular complexity index is 1730. The second-order valence-electron chi connectivity index (χ2n) is 11.0. The zero-order valence-corrected chi connectivity index (χ0v) is 24.3. The summed E-state index contributed by atoms with van der Waals surface area (Å²) < 4.78 is 13.6. The first-order valence-corrected chi connectivity index (χ1v) is 14.5. The molecule has 6 rings (SSSR count). The summed E-state index contributed by atoms with van der Waals surface area (Å²) in [5, 5.41) is 7.56. The molecule has 1 aliphatic heterocycles. The van der Waals surface area contributed by atoms with Crippen LogP contribution >= 0.6 is 0 Å². The molecule has 8 nitrogen and oxygen atoms in total. The van der Waals surface area contributed by atoms with Crippen molar-refractivity contribution in [1.29, 1.82) is 0 Å². The first-order chi connectivity index (χ1) is 20.9. The van der Waals surface area contributed by atoms with Gasteiger partial charge in [-0.1, -0.05) is 18.2 Å². The molecule has 0 unspecified atom stereocenters. The van der Waals surface area contributed by atoms with Gasteiger partial charge in [-0.2, -0.15) is 4.98 Å². The summed E-state index contributed by atoms with van der Waals surface area (Å²) >= 11 is 0. The summed E-state index contributed by atoms with van der Waals surface area (Å²) in [7, 11) is 2.17. The van der Waals surface area contributed by atoms with Crippen molar-refractivity contribution in [1.82, 2.24) is 24.8 Å². The molecule has 5 aromatic rings. The molecule has 0 aliphatic carbocycles. The number of nitrogens with zero attached hydrogens (tertiary/aromatic N) is 5. The number of piperidine rings is 1. The van der Waals surface area contributed by atoms with Crippen LogP contribution in [-0.2, 0) is 6.54 Å². The number of likely N-dealkylation sites (tertiary alicyclic amines) is 1. The monoisotopic (exact) mass is 575 g/mol. The van der Waals surface area contributed by atoms with Crippen molar-refractivity contribution < 1.29 is 9.18 Å². The molecule has 1 fully saturated rings. The average Bonchev–Trinajstić information content (AvgIpc) is 3.03. The third kappa shape index (κ3) is 6.62. The minimum absolute atomic E-state index is 0.0461. The van der Waals surface area contributed by atoms with E-state index in [4.69, 9.17) is 0 Å². The molecule has 3 aromatic carbocycles. The van der Waals surface area contributed by atoms with Gasteiger partial charge in [-0.15, -0.1) is 0 Å². The SMILES string of the molecule is Cc1cc(Nc2ccnc(Nc3ccc(C(=O)N4CCC(N(C)Cc5cccc6ncccc56)CC4)cc3)n2)ccc1F. The predicted molar refractivity (Wildman–Crippen MR) is 168 cm³/mol. The van der Waals surface area contributed by atoms with Crippen molar-refractivity contribution in [3.63, 3.8) is 0 Å². The van der Waals surface area contributed by atoms with Crippen LogP contribution in [0.1, 0.15) is 34.3 Å². The number of pyridine rings is 1. The maximum absolute atomic E-state index is 13.6. The number of anilines is 4. The maximum Gasteiger partial charge on any atom is 0.253 e. The second-order valence-corrected chi connectivity index (χ2v) is 11.0. The van der Waals surface area contributed by atoms with Crippen LogP contribution in [0, 0.1) is 12.7 Å². The molecule has 43 heavy (non-hydrogen) atoms. The zero-order chi connectivity index (χ0) is 29.8. The third-order valence-corrected chi connectivity index (χ3v) is 8.00. The number of carbonyl (C=O) groups is 1. The molecule has 218 valence electrons.